The van der Waals surface area contributed by atoms with Crippen molar-refractivity contribution in [1.29, 1.82) is 5.26 Å². The number of carbonyl (C=O) groups is 2. The zero-order valence-corrected chi connectivity index (χ0v) is 12.7. The zero-order valence-electron chi connectivity index (χ0n) is 12.7. The second-order valence-electron chi connectivity index (χ2n) is 6.19. The summed E-state index contributed by atoms with van der Waals surface area (Å²) in [6.45, 7) is 10.1. The fourth-order valence-electron chi connectivity index (χ4n) is 2.97. The van der Waals surface area contributed by atoms with Crippen LogP contribution < -0.4 is 5.32 Å². The molecule has 2 fully saturated rings. The van der Waals surface area contributed by atoms with Crippen LogP contribution in [0.3, 0.4) is 0 Å². The van der Waals surface area contributed by atoms with Gasteiger partial charge >= 0.3 is 6.03 Å². The molecule has 0 aromatic rings. The molecule has 114 valence electrons. The van der Waals surface area contributed by atoms with Gasteiger partial charge < -0.3 is 5.32 Å². The minimum Gasteiger partial charge on any atom is -0.323 e. The minimum atomic E-state index is -0.766. The van der Waals surface area contributed by atoms with Crippen LogP contribution in [-0.4, -0.2) is 53.5 Å². The third-order valence-corrected chi connectivity index (χ3v) is 4.13. The largest absolute Gasteiger partial charge is 0.325 e. The molecule has 2 aliphatic rings. The van der Waals surface area contributed by atoms with Crippen LogP contribution in [0.4, 0.5) is 4.79 Å². The second-order valence-corrected chi connectivity index (χ2v) is 6.19. The van der Waals surface area contributed by atoms with Gasteiger partial charge in [-0.15, -0.1) is 0 Å². The smallest absolute Gasteiger partial charge is 0.323 e. The van der Waals surface area contributed by atoms with Gasteiger partial charge in [-0.2, -0.15) is 5.26 Å². The summed E-state index contributed by atoms with van der Waals surface area (Å²) < 4.78 is 0. The van der Waals surface area contributed by atoms with Crippen LogP contribution in [0.1, 0.15) is 26.7 Å². The van der Waals surface area contributed by atoms with Crippen molar-refractivity contribution in [3.8, 4) is 6.07 Å². The SMILES string of the molecule is C=C(C)CN1CCC2(CC1)NC(=O)N(CC(C)C#N)C2=O. The van der Waals surface area contributed by atoms with Gasteiger partial charge in [0.2, 0.25) is 0 Å². The van der Waals surface area contributed by atoms with Crippen molar-refractivity contribution in [2.45, 2.75) is 32.2 Å². The van der Waals surface area contributed by atoms with Crippen molar-refractivity contribution < 1.29 is 9.59 Å². The first kappa shape index (κ1) is 15.5. The predicted octanol–water partition coefficient (Wildman–Crippen LogP) is 1.11. The Balaban J connectivity index is 2.02. The Hall–Kier alpha value is -1.87. The Morgan fingerprint density at radius 1 is 1.48 bits per heavy atom. The van der Waals surface area contributed by atoms with E-state index in [4.69, 9.17) is 5.26 Å². The minimum absolute atomic E-state index is 0.165. The van der Waals surface area contributed by atoms with Crippen LogP contribution >= 0.6 is 0 Å². The van der Waals surface area contributed by atoms with E-state index in [1.807, 2.05) is 6.92 Å². The molecule has 21 heavy (non-hydrogen) atoms. The number of nitrogens with one attached hydrogen (secondary N) is 1. The average molecular weight is 290 g/mol. The highest BCUT2D eigenvalue weighted by Crippen LogP contribution is 2.30. The molecule has 1 atom stereocenters. The molecule has 2 heterocycles. The summed E-state index contributed by atoms with van der Waals surface area (Å²) in [6, 6.07) is 1.70. The second kappa shape index (κ2) is 5.86. The van der Waals surface area contributed by atoms with Gasteiger partial charge in [0.1, 0.15) is 5.54 Å². The third-order valence-electron chi connectivity index (χ3n) is 4.13. The van der Waals surface area contributed by atoms with Crippen LogP contribution in [-0.2, 0) is 4.79 Å². The maximum absolute atomic E-state index is 12.6. The Labute approximate surface area is 125 Å². The third kappa shape index (κ3) is 3.08. The molecule has 6 heteroatoms. The van der Waals surface area contributed by atoms with E-state index in [9.17, 15) is 9.59 Å². The molecule has 1 unspecified atom stereocenters. The number of hydrogen-bond acceptors (Lipinski definition) is 4. The molecular formula is C15H22N4O2. The van der Waals surface area contributed by atoms with E-state index < -0.39 is 5.54 Å². The van der Waals surface area contributed by atoms with Crippen molar-refractivity contribution in [2.24, 2.45) is 5.92 Å². The Morgan fingerprint density at radius 3 is 2.62 bits per heavy atom. The maximum atomic E-state index is 12.6. The van der Waals surface area contributed by atoms with Gasteiger partial charge in [-0.3, -0.25) is 14.6 Å². The average Bonchev–Trinajstić information content (AvgIpc) is 2.65. The fourth-order valence-corrected chi connectivity index (χ4v) is 2.97. The summed E-state index contributed by atoms with van der Waals surface area (Å²) in [7, 11) is 0. The summed E-state index contributed by atoms with van der Waals surface area (Å²) >= 11 is 0. The van der Waals surface area contributed by atoms with E-state index in [-0.39, 0.29) is 24.4 Å². The van der Waals surface area contributed by atoms with Gasteiger partial charge in [-0.05, 0) is 26.7 Å². The van der Waals surface area contributed by atoms with Gasteiger partial charge in [0.05, 0.1) is 12.0 Å². The molecule has 2 saturated heterocycles. The lowest BCUT2D eigenvalue weighted by Crippen LogP contribution is -2.55. The molecule has 0 aromatic carbocycles. The topological polar surface area (TPSA) is 76.4 Å². The lowest BCUT2D eigenvalue weighted by Gasteiger charge is -2.37. The first-order valence-corrected chi connectivity index (χ1v) is 7.28. The molecule has 0 bridgehead atoms. The van der Waals surface area contributed by atoms with E-state index >= 15 is 0 Å². The summed E-state index contributed by atoms with van der Waals surface area (Å²) in [6.07, 6.45) is 1.23. The molecule has 0 aromatic heterocycles. The van der Waals surface area contributed by atoms with E-state index in [1.165, 1.54) is 4.90 Å². The highest BCUT2D eigenvalue weighted by atomic mass is 16.2. The van der Waals surface area contributed by atoms with Gasteiger partial charge in [0.25, 0.3) is 5.91 Å². The molecular weight excluding hydrogens is 268 g/mol. The van der Waals surface area contributed by atoms with E-state index in [0.717, 1.165) is 25.2 Å². The summed E-state index contributed by atoms with van der Waals surface area (Å²) in [4.78, 5) is 28.0. The lowest BCUT2D eigenvalue weighted by atomic mass is 9.87. The van der Waals surface area contributed by atoms with Crippen molar-refractivity contribution in [1.82, 2.24) is 15.1 Å². The van der Waals surface area contributed by atoms with E-state index in [1.54, 1.807) is 6.92 Å². The number of carbonyl (C=O) groups excluding carboxylic acids is 2. The van der Waals surface area contributed by atoms with E-state index in [0.29, 0.717) is 12.8 Å². The lowest BCUT2D eigenvalue weighted by molar-refractivity contribution is -0.133. The standard InChI is InChI=1S/C15H22N4O2/c1-11(2)9-18-6-4-15(5-7-18)13(20)19(14(21)17-15)10-12(3)8-16/h12H,1,4-7,9-10H2,2-3H3,(H,17,21). The molecule has 2 rings (SSSR count). The Bertz CT molecular complexity index is 500. The molecule has 0 aliphatic carbocycles. The molecule has 1 N–H and O–H groups in total. The Morgan fingerprint density at radius 2 is 2.10 bits per heavy atom. The molecule has 0 radical (unpaired) electrons. The molecule has 6 nitrogen and oxygen atoms in total. The number of piperidine rings is 1. The molecule has 0 saturated carbocycles. The van der Waals surface area contributed by atoms with Gasteiger partial charge in [-0.25, -0.2) is 4.79 Å². The summed E-state index contributed by atoms with van der Waals surface area (Å²) in [5, 5.41) is 11.7. The highest BCUT2D eigenvalue weighted by Gasteiger charge is 2.52. The van der Waals surface area contributed by atoms with Gasteiger partial charge in [0, 0.05) is 26.2 Å². The first-order valence-electron chi connectivity index (χ1n) is 7.28. The number of rotatable bonds is 4. The number of amides is 3. The predicted molar refractivity (Wildman–Crippen MR) is 78.2 cm³/mol. The number of nitrogens with zero attached hydrogens (tertiary/aromatic N) is 3. The normalized spacial score (nSPS) is 23.0. The first-order chi connectivity index (χ1) is 9.88. The number of urea groups is 1. The van der Waals surface area contributed by atoms with Crippen LogP contribution in [0.2, 0.25) is 0 Å². The summed E-state index contributed by atoms with van der Waals surface area (Å²) in [5.74, 6) is -0.525. The maximum Gasteiger partial charge on any atom is 0.325 e. The number of hydrogen-bond donors (Lipinski definition) is 1. The van der Waals surface area contributed by atoms with Crippen LogP contribution in [0, 0.1) is 17.2 Å². The number of nitriles is 1. The fraction of sp³-hybridized carbons (Fsp3) is 0.667. The zero-order chi connectivity index (χ0) is 15.6. The number of imide groups is 1. The Kier molecular flexibility index (Phi) is 4.33. The van der Waals surface area contributed by atoms with Gasteiger partial charge in [0.15, 0.2) is 0 Å². The van der Waals surface area contributed by atoms with Crippen molar-refractivity contribution in [3.63, 3.8) is 0 Å². The van der Waals surface area contributed by atoms with Crippen molar-refractivity contribution >= 4 is 11.9 Å². The van der Waals surface area contributed by atoms with Crippen molar-refractivity contribution in [2.75, 3.05) is 26.2 Å². The monoisotopic (exact) mass is 290 g/mol. The van der Waals surface area contributed by atoms with Crippen LogP contribution in [0.5, 0.6) is 0 Å². The van der Waals surface area contributed by atoms with E-state index in [2.05, 4.69) is 22.9 Å². The highest BCUT2D eigenvalue weighted by molar-refractivity contribution is 6.07. The summed E-state index contributed by atoms with van der Waals surface area (Å²) in [5.41, 5.74) is 0.329. The molecule has 1 spiro atoms. The van der Waals surface area contributed by atoms with Gasteiger partial charge in [-0.1, -0.05) is 12.2 Å². The van der Waals surface area contributed by atoms with Crippen LogP contribution in [0.25, 0.3) is 0 Å². The van der Waals surface area contributed by atoms with Crippen molar-refractivity contribution in [3.05, 3.63) is 12.2 Å². The quantitative estimate of drug-likeness (QED) is 0.621. The number of likely N-dealkylation sites (tertiary alicyclic amines) is 1. The van der Waals surface area contributed by atoms with Crippen LogP contribution in [0.15, 0.2) is 12.2 Å². The molecule has 3 amide bonds. The molecule has 2 aliphatic heterocycles.